The Morgan fingerprint density at radius 2 is 1.71 bits per heavy atom. The van der Waals surface area contributed by atoms with Crippen LogP contribution in [-0.4, -0.2) is 16.0 Å². The molecule has 3 aromatic carbocycles. The van der Waals surface area contributed by atoms with Crippen LogP contribution >= 0.6 is 11.8 Å². The van der Waals surface area contributed by atoms with Crippen LogP contribution in [0.3, 0.4) is 0 Å². The fourth-order valence-corrected chi connectivity index (χ4v) is 4.03. The van der Waals surface area contributed by atoms with Gasteiger partial charge in [0.1, 0.15) is 18.2 Å². The zero-order valence-electron chi connectivity index (χ0n) is 16.9. The lowest BCUT2D eigenvalue weighted by atomic mass is 10.1. The van der Waals surface area contributed by atoms with Gasteiger partial charge in [0.2, 0.25) is 0 Å². The Morgan fingerprint density at radius 1 is 0.968 bits per heavy atom. The van der Waals surface area contributed by atoms with Crippen LogP contribution in [0.15, 0.2) is 77.7 Å². The van der Waals surface area contributed by atoms with E-state index in [2.05, 4.69) is 0 Å². The van der Waals surface area contributed by atoms with E-state index < -0.39 is 0 Å². The Balaban J connectivity index is 1.40. The molecule has 0 radical (unpaired) electrons. The van der Waals surface area contributed by atoms with Crippen LogP contribution in [0.2, 0.25) is 0 Å². The second-order valence-corrected chi connectivity index (χ2v) is 8.23. The number of hydrogen-bond donors (Lipinski definition) is 0. The summed E-state index contributed by atoms with van der Waals surface area (Å²) >= 11 is 0.950. The van der Waals surface area contributed by atoms with E-state index >= 15 is 0 Å². The minimum absolute atomic E-state index is 0.264. The molecule has 31 heavy (non-hydrogen) atoms. The molecule has 1 aliphatic rings. The van der Waals surface area contributed by atoms with E-state index in [4.69, 9.17) is 4.74 Å². The first kappa shape index (κ1) is 20.9. The zero-order valence-corrected chi connectivity index (χ0v) is 17.7. The number of halogens is 1. The predicted octanol–water partition coefficient (Wildman–Crippen LogP) is 5.95. The average Bonchev–Trinajstić information content (AvgIpc) is 3.02. The number of rotatable bonds is 6. The first-order chi connectivity index (χ1) is 15.0. The maximum absolute atomic E-state index is 13.0. The predicted molar refractivity (Wildman–Crippen MR) is 120 cm³/mol. The molecule has 0 atom stereocenters. The number of benzene rings is 3. The van der Waals surface area contributed by atoms with Crippen molar-refractivity contribution in [3.05, 3.63) is 106 Å². The maximum Gasteiger partial charge on any atom is 0.293 e. The molecule has 1 aliphatic heterocycles. The summed E-state index contributed by atoms with van der Waals surface area (Å²) in [7, 11) is 0. The van der Waals surface area contributed by atoms with Gasteiger partial charge >= 0.3 is 0 Å². The Kier molecular flexibility index (Phi) is 6.18. The van der Waals surface area contributed by atoms with Crippen molar-refractivity contribution in [1.82, 2.24) is 4.90 Å². The highest BCUT2D eigenvalue weighted by molar-refractivity contribution is 8.18. The highest BCUT2D eigenvalue weighted by Crippen LogP contribution is 2.33. The first-order valence-corrected chi connectivity index (χ1v) is 10.6. The maximum atomic E-state index is 13.0. The summed E-state index contributed by atoms with van der Waals surface area (Å²) in [6.45, 7) is 2.57. The molecule has 156 valence electrons. The molecular formula is C25H20FNO3S. The van der Waals surface area contributed by atoms with E-state index in [0.29, 0.717) is 17.3 Å². The van der Waals surface area contributed by atoms with Crippen LogP contribution in [0.25, 0.3) is 6.08 Å². The molecule has 1 saturated heterocycles. The molecule has 0 aliphatic carbocycles. The van der Waals surface area contributed by atoms with Crippen molar-refractivity contribution in [2.45, 2.75) is 20.1 Å². The van der Waals surface area contributed by atoms with Gasteiger partial charge in [-0.1, -0.05) is 54.1 Å². The van der Waals surface area contributed by atoms with Gasteiger partial charge in [0, 0.05) is 0 Å². The minimum Gasteiger partial charge on any atom is -0.489 e. The summed E-state index contributed by atoms with van der Waals surface area (Å²) in [4.78, 5) is 26.7. The largest absolute Gasteiger partial charge is 0.489 e. The van der Waals surface area contributed by atoms with Crippen LogP contribution in [-0.2, 0) is 17.9 Å². The third-order valence-electron chi connectivity index (χ3n) is 4.79. The van der Waals surface area contributed by atoms with Crippen LogP contribution in [0, 0.1) is 12.7 Å². The fraction of sp³-hybridized carbons (Fsp3) is 0.120. The van der Waals surface area contributed by atoms with Crippen molar-refractivity contribution in [3.63, 3.8) is 0 Å². The van der Waals surface area contributed by atoms with Gasteiger partial charge in [0.25, 0.3) is 11.1 Å². The standard InChI is InChI=1S/C25H20FNO3S/c1-17-3-2-4-20(13-17)15-27-24(28)23(31-25(27)29)14-18-7-11-22(12-8-18)30-16-19-5-9-21(26)10-6-19/h2-14H,15-16H2,1H3/b23-14-. The van der Waals surface area contributed by atoms with Gasteiger partial charge in [-0.3, -0.25) is 14.5 Å². The number of aryl methyl sites for hydroxylation is 1. The average molecular weight is 434 g/mol. The summed E-state index contributed by atoms with van der Waals surface area (Å²) in [5.74, 6) is 0.0959. The third-order valence-corrected chi connectivity index (χ3v) is 5.70. The number of ether oxygens (including phenoxy) is 1. The summed E-state index contributed by atoms with van der Waals surface area (Å²) < 4.78 is 18.7. The van der Waals surface area contributed by atoms with E-state index in [9.17, 15) is 14.0 Å². The highest BCUT2D eigenvalue weighted by atomic mass is 32.2. The normalized spacial score (nSPS) is 15.0. The van der Waals surface area contributed by atoms with Crippen molar-refractivity contribution in [3.8, 4) is 5.75 Å². The van der Waals surface area contributed by atoms with Gasteiger partial charge in [0.05, 0.1) is 11.4 Å². The van der Waals surface area contributed by atoms with Crippen molar-refractivity contribution in [2.24, 2.45) is 0 Å². The summed E-state index contributed by atoms with van der Waals surface area (Å²) in [5, 5.41) is -0.267. The van der Waals surface area contributed by atoms with Crippen molar-refractivity contribution in [2.75, 3.05) is 0 Å². The van der Waals surface area contributed by atoms with E-state index in [1.807, 2.05) is 43.3 Å². The molecule has 2 amide bonds. The Hall–Kier alpha value is -3.38. The Bertz CT molecular complexity index is 1140. The molecule has 0 saturated carbocycles. The fourth-order valence-electron chi connectivity index (χ4n) is 3.19. The molecule has 0 unspecified atom stereocenters. The van der Waals surface area contributed by atoms with Crippen molar-refractivity contribution < 1.29 is 18.7 Å². The monoisotopic (exact) mass is 433 g/mol. The highest BCUT2D eigenvalue weighted by Gasteiger charge is 2.34. The molecule has 1 fully saturated rings. The quantitative estimate of drug-likeness (QED) is 0.451. The minimum atomic E-state index is -0.284. The van der Waals surface area contributed by atoms with Gasteiger partial charge in [0.15, 0.2) is 0 Å². The third kappa shape index (κ3) is 5.22. The molecule has 4 rings (SSSR count). The summed E-state index contributed by atoms with van der Waals surface area (Å²) in [6, 6.07) is 21.2. The summed E-state index contributed by atoms with van der Waals surface area (Å²) in [5.41, 5.74) is 3.68. The van der Waals surface area contributed by atoms with Crippen LogP contribution in [0.4, 0.5) is 9.18 Å². The molecule has 0 spiro atoms. The molecule has 4 nitrogen and oxygen atoms in total. The zero-order chi connectivity index (χ0) is 21.8. The number of carbonyl (C=O) groups is 2. The van der Waals surface area contributed by atoms with E-state index in [1.54, 1.807) is 30.3 Å². The van der Waals surface area contributed by atoms with E-state index in [-0.39, 0.29) is 23.5 Å². The van der Waals surface area contributed by atoms with Crippen molar-refractivity contribution >= 4 is 29.0 Å². The lowest BCUT2D eigenvalue weighted by Crippen LogP contribution is -2.27. The lowest BCUT2D eigenvalue weighted by molar-refractivity contribution is -0.123. The van der Waals surface area contributed by atoms with Crippen LogP contribution in [0.5, 0.6) is 5.75 Å². The lowest BCUT2D eigenvalue weighted by Gasteiger charge is -2.12. The number of nitrogens with zero attached hydrogens (tertiary/aromatic N) is 1. The Morgan fingerprint density at radius 3 is 2.42 bits per heavy atom. The topological polar surface area (TPSA) is 46.6 Å². The van der Waals surface area contributed by atoms with Gasteiger partial charge < -0.3 is 4.74 Å². The first-order valence-electron chi connectivity index (χ1n) is 9.76. The van der Waals surface area contributed by atoms with Gasteiger partial charge in [-0.15, -0.1) is 0 Å². The second-order valence-electron chi connectivity index (χ2n) is 7.24. The van der Waals surface area contributed by atoms with E-state index in [0.717, 1.165) is 34.0 Å². The number of carbonyl (C=O) groups excluding carboxylic acids is 2. The van der Waals surface area contributed by atoms with Gasteiger partial charge in [-0.25, -0.2) is 4.39 Å². The van der Waals surface area contributed by atoms with E-state index in [1.165, 1.54) is 17.0 Å². The second kappa shape index (κ2) is 9.18. The molecule has 6 heteroatoms. The molecule has 3 aromatic rings. The van der Waals surface area contributed by atoms with Crippen LogP contribution in [0.1, 0.15) is 22.3 Å². The molecular weight excluding hydrogens is 413 g/mol. The van der Waals surface area contributed by atoms with Crippen LogP contribution < -0.4 is 4.74 Å². The SMILES string of the molecule is Cc1cccc(CN2C(=O)S/C(=C\c3ccc(OCc4ccc(F)cc4)cc3)C2=O)c1. The number of thioether (sulfide) groups is 1. The summed E-state index contributed by atoms with van der Waals surface area (Å²) in [6.07, 6.45) is 1.71. The molecule has 0 N–H and O–H groups in total. The van der Waals surface area contributed by atoms with Gasteiger partial charge in [-0.2, -0.15) is 0 Å². The van der Waals surface area contributed by atoms with Gasteiger partial charge in [-0.05, 0) is 65.7 Å². The molecule has 0 aromatic heterocycles. The molecule has 1 heterocycles. The number of hydrogen-bond acceptors (Lipinski definition) is 4. The molecule has 0 bridgehead atoms. The number of amides is 2. The Labute approximate surface area is 184 Å². The number of imide groups is 1. The van der Waals surface area contributed by atoms with Crippen molar-refractivity contribution in [1.29, 1.82) is 0 Å². The smallest absolute Gasteiger partial charge is 0.293 e.